The van der Waals surface area contributed by atoms with Crippen molar-refractivity contribution in [2.24, 2.45) is 0 Å². The van der Waals surface area contributed by atoms with Gasteiger partial charge in [0.1, 0.15) is 0 Å². The molecule has 1 aromatic heterocycles. The summed E-state index contributed by atoms with van der Waals surface area (Å²) in [7, 11) is 0. The van der Waals surface area contributed by atoms with Crippen LogP contribution in [0.5, 0.6) is 5.75 Å². The average Bonchev–Trinajstić information content (AvgIpc) is 2.88. The van der Waals surface area contributed by atoms with E-state index >= 15 is 0 Å². The standard InChI is InChI=1S/C11H9F2N3O3S/c12-11(13)19-10-3-7(1-2-9(10)16(17)18)14-4-8-5-20-6-15-8/h1-3,5-6,11,14H,4H2. The van der Waals surface area contributed by atoms with E-state index in [4.69, 9.17) is 0 Å². The Bertz CT molecular complexity index is 593. The molecule has 0 aliphatic rings. The molecule has 0 saturated heterocycles. The predicted molar refractivity (Wildman–Crippen MR) is 69.2 cm³/mol. The topological polar surface area (TPSA) is 77.3 Å². The Balaban J connectivity index is 2.15. The minimum absolute atomic E-state index is 0.384. The van der Waals surface area contributed by atoms with Gasteiger partial charge in [0.15, 0.2) is 0 Å². The van der Waals surface area contributed by atoms with Crippen molar-refractivity contribution in [2.45, 2.75) is 13.2 Å². The Labute approximate surface area is 116 Å². The highest BCUT2D eigenvalue weighted by atomic mass is 32.1. The lowest BCUT2D eigenvalue weighted by atomic mass is 10.2. The van der Waals surface area contributed by atoms with E-state index in [1.165, 1.54) is 17.4 Å². The number of hydrogen-bond acceptors (Lipinski definition) is 6. The van der Waals surface area contributed by atoms with Crippen molar-refractivity contribution in [3.05, 3.63) is 44.9 Å². The van der Waals surface area contributed by atoms with Crippen LogP contribution < -0.4 is 10.1 Å². The van der Waals surface area contributed by atoms with E-state index in [-0.39, 0.29) is 0 Å². The summed E-state index contributed by atoms with van der Waals surface area (Å²) >= 11 is 1.43. The third-order valence-corrected chi connectivity index (χ3v) is 2.96. The van der Waals surface area contributed by atoms with Crippen LogP contribution in [0.25, 0.3) is 0 Å². The van der Waals surface area contributed by atoms with Gasteiger partial charge in [-0.15, -0.1) is 11.3 Å². The van der Waals surface area contributed by atoms with Gasteiger partial charge in [0.2, 0.25) is 5.75 Å². The highest BCUT2D eigenvalue weighted by molar-refractivity contribution is 7.07. The van der Waals surface area contributed by atoms with Gasteiger partial charge in [-0.1, -0.05) is 0 Å². The van der Waals surface area contributed by atoms with E-state index in [1.807, 2.05) is 5.38 Å². The third-order valence-electron chi connectivity index (χ3n) is 2.33. The average molecular weight is 301 g/mol. The number of nitro benzene ring substituents is 1. The number of ether oxygens (including phenoxy) is 1. The molecule has 0 aliphatic carbocycles. The van der Waals surface area contributed by atoms with Gasteiger partial charge in [0, 0.05) is 23.2 Å². The predicted octanol–water partition coefficient (Wildman–Crippen LogP) is 3.26. The molecule has 9 heteroatoms. The van der Waals surface area contributed by atoms with E-state index in [2.05, 4.69) is 15.0 Å². The maximum absolute atomic E-state index is 12.2. The number of thiazole rings is 1. The largest absolute Gasteiger partial charge is 0.427 e. The van der Waals surface area contributed by atoms with E-state index in [9.17, 15) is 18.9 Å². The molecule has 20 heavy (non-hydrogen) atoms. The van der Waals surface area contributed by atoms with Crippen molar-refractivity contribution >= 4 is 22.7 Å². The van der Waals surface area contributed by atoms with Gasteiger partial charge in [0.25, 0.3) is 0 Å². The zero-order chi connectivity index (χ0) is 14.5. The first-order valence-electron chi connectivity index (χ1n) is 5.40. The molecule has 0 radical (unpaired) electrons. The second-order valence-electron chi connectivity index (χ2n) is 3.65. The van der Waals surface area contributed by atoms with Gasteiger partial charge < -0.3 is 10.1 Å². The number of rotatable bonds is 6. The summed E-state index contributed by atoms with van der Waals surface area (Å²) in [4.78, 5) is 14.0. The molecule has 6 nitrogen and oxygen atoms in total. The molecule has 0 atom stereocenters. The van der Waals surface area contributed by atoms with Crippen LogP contribution in [-0.2, 0) is 6.54 Å². The summed E-state index contributed by atoms with van der Waals surface area (Å²) in [5.41, 5.74) is 2.37. The zero-order valence-corrected chi connectivity index (χ0v) is 10.8. The molecule has 0 unspecified atom stereocenters. The van der Waals surface area contributed by atoms with E-state index in [0.717, 1.165) is 17.8 Å². The molecule has 0 aliphatic heterocycles. The molecule has 0 fully saturated rings. The smallest absolute Gasteiger partial charge is 0.387 e. The maximum atomic E-state index is 12.2. The minimum Gasteiger partial charge on any atom is -0.427 e. The first kappa shape index (κ1) is 14.1. The summed E-state index contributed by atoms with van der Waals surface area (Å²) in [5.74, 6) is -0.478. The normalized spacial score (nSPS) is 10.6. The van der Waals surface area contributed by atoms with E-state index in [1.54, 1.807) is 5.51 Å². The van der Waals surface area contributed by atoms with Crippen molar-refractivity contribution < 1.29 is 18.4 Å². The second-order valence-corrected chi connectivity index (χ2v) is 4.37. The van der Waals surface area contributed by atoms with Crippen molar-refractivity contribution in [3.8, 4) is 5.75 Å². The molecule has 1 heterocycles. The summed E-state index contributed by atoms with van der Waals surface area (Å²) < 4.78 is 28.6. The minimum atomic E-state index is -3.12. The number of nitrogens with zero attached hydrogens (tertiary/aromatic N) is 2. The number of nitrogens with one attached hydrogen (secondary N) is 1. The van der Waals surface area contributed by atoms with Crippen molar-refractivity contribution in [2.75, 3.05) is 5.32 Å². The monoisotopic (exact) mass is 301 g/mol. The van der Waals surface area contributed by atoms with Crippen LogP contribution in [0.15, 0.2) is 29.1 Å². The number of halogens is 2. The van der Waals surface area contributed by atoms with Crippen LogP contribution in [-0.4, -0.2) is 16.5 Å². The van der Waals surface area contributed by atoms with Crippen LogP contribution >= 0.6 is 11.3 Å². The van der Waals surface area contributed by atoms with Crippen LogP contribution in [0.4, 0.5) is 20.2 Å². The van der Waals surface area contributed by atoms with Gasteiger partial charge in [-0.05, 0) is 6.07 Å². The maximum Gasteiger partial charge on any atom is 0.387 e. The number of alkyl halides is 2. The molecule has 2 aromatic rings. The molecule has 0 spiro atoms. The summed E-state index contributed by atoms with van der Waals surface area (Å²) in [5, 5.41) is 15.5. The molecule has 1 aromatic carbocycles. The van der Waals surface area contributed by atoms with Crippen molar-refractivity contribution in [1.29, 1.82) is 0 Å². The first-order chi connectivity index (χ1) is 9.56. The van der Waals surface area contributed by atoms with Crippen molar-refractivity contribution in [1.82, 2.24) is 4.98 Å². The molecule has 0 amide bonds. The quantitative estimate of drug-likeness (QED) is 0.654. The molecule has 1 N–H and O–H groups in total. The number of benzene rings is 1. The Kier molecular flexibility index (Phi) is 4.41. The highest BCUT2D eigenvalue weighted by Gasteiger charge is 2.19. The molecular weight excluding hydrogens is 292 g/mol. The lowest BCUT2D eigenvalue weighted by Crippen LogP contribution is -2.06. The number of hydrogen-bond donors (Lipinski definition) is 1. The SMILES string of the molecule is O=[N+]([O-])c1ccc(NCc2cscn2)cc1OC(F)F. The summed E-state index contributed by atoms with van der Waals surface area (Å²) in [6.07, 6.45) is 0. The molecule has 0 bridgehead atoms. The number of aromatic nitrogens is 1. The van der Waals surface area contributed by atoms with Crippen LogP contribution in [0, 0.1) is 10.1 Å². The van der Waals surface area contributed by atoms with E-state index < -0.39 is 23.0 Å². The fourth-order valence-electron chi connectivity index (χ4n) is 1.48. The Hall–Kier alpha value is -2.29. The number of anilines is 1. The fourth-order valence-corrected chi connectivity index (χ4v) is 2.04. The molecule has 0 saturated carbocycles. The van der Waals surface area contributed by atoms with Crippen LogP contribution in [0.2, 0.25) is 0 Å². The Morgan fingerprint density at radius 1 is 1.50 bits per heavy atom. The van der Waals surface area contributed by atoms with Gasteiger partial charge >= 0.3 is 12.3 Å². The van der Waals surface area contributed by atoms with Gasteiger partial charge in [0.05, 0.1) is 22.7 Å². The lowest BCUT2D eigenvalue weighted by Gasteiger charge is -2.09. The molecule has 106 valence electrons. The van der Waals surface area contributed by atoms with Gasteiger partial charge in [-0.25, -0.2) is 4.98 Å². The summed E-state index contributed by atoms with van der Waals surface area (Å²) in [6, 6.07) is 3.70. The van der Waals surface area contributed by atoms with Crippen molar-refractivity contribution in [3.63, 3.8) is 0 Å². The lowest BCUT2D eigenvalue weighted by molar-refractivity contribution is -0.386. The van der Waals surface area contributed by atoms with Crippen LogP contribution in [0.3, 0.4) is 0 Å². The van der Waals surface area contributed by atoms with E-state index in [0.29, 0.717) is 12.2 Å². The molecular formula is C11H9F2N3O3S. The zero-order valence-electron chi connectivity index (χ0n) is 9.95. The first-order valence-corrected chi connectivity index (χ1v) is 6.34. The summed E-state index contributed by atoms with van der Waals surface area (Å²) in [6.45, 7) is -2.74. The molecule has 2 rings (SSSR count). The van der Waals surface area contributed by atoms with Gasteiger partial charge in [-0.3, -0.25) is 10.1 Å². The third kappa shape index (κ3) is 3.60. The Morgan fingerprint density at radius 3 is 2.90 bits per heavy atom. The highest BCUT2D eigenvalue weighted by Crippen LogP contribution is 2.31. The second kappa shape index (κ2) is 6.24. The number of nitro groups is 1. The Morgan fingerprint density at radius 2 is 2.30 bits per heavy atom. The van der Waals surface area contributed by atoms with Gasteiger partial charge in [-0.2, -0.15) is 8.78 Å². The fraction of sp³-hybridized carbons (Fsp3) is 0.182. The van der Waals surface area contributed by atoms with Crippen LogP contribution in [0.1, 0.15) is 5.69 Å².